The highest BCUT2D eigenvalue weighted by Crippen LogP contribution is 2.36. The third kappa shape index (κ3) is 13.0. The summed E-state index contributed by atoms with van der Waals surface area (Å²) in [7, 11) is 0. The van der Waals surface area contributed by atoms with E-state index in [0.717, 1.165) is 13.8 Å². The van der Waals surface area contributed by atoms with Crippen molar-refractivity contribution in [2.45, 2.75) is 198 Å². The third-order valence-electron chi connectivity index (χ3n) is 13.2. The van der Waals surface area contributed by atoms with E-state index in [2.05, 4.69) is 10.6 Å². The van der Waals surface area contributed by atoms with Gasteiger partial charge in [-0.2, -0.15) is 0 Å². The normalized spacial score (nSPS) is 49.8. The summed E-state index contributed by atoms with van der Waals surface area (Å²) >= 11 is 0. The molecule has 0 aliphatic carbocycles. The monoisotopic (exact) mass is 1070 g/mol. The van der Waals surface area contributed by atoms with Crippen molar-refractivity contribution < 1.29 is 154 Å². The summed E-state index contributed by atoms with van der Waals surface area (Å²) in [6, 6.07) is -3.24. The van der Waals surface area contributed by atoms with Crippen LogP contribution in [0.1, 0.15) is 13.8 Å². The first kappa shape index (κ1) is 60.0. The maximum absolute atomic E-state index is 12.5. The largest absolute Gasteiger partial charge is 0.394 e. The molecule has 33 heteroatoms. The zero-order valence-electron chi connectivity index (χ0n) is 38.9. The number of nitrogens with one attached hydrogen (secondary N) is 2. The molecule has 6 aliphatic heterocycles. The molecule has 6 saturated heterocycles. The molecule has 2 amide bonds. The summed E-state index contributed by atoms with van der Waals surface area (Å²) in [4.78, 5) is 24.3. The van der Waals surface area contributed by atoms with Crippen LogP contribution < -0.4 is 10.6 Å². The van der Waals surface area contributed by atoms with Gasteiger partial charge in [-0.3, -0.25) is 9.59 Å². The Morgan fingerprint density at radius 3 is 1.18 bits per heavy atom. The number of hydrogen-bond donors (Lipinski definition) is 20. The molecule has 0 radical (unpaired) electrons. The second kappa shape index (κ2) is 26.0. The lowest BCUT2D eigenvalue weighted by Gasteiger charge is -2.50. The Morgan fingerprint density at radius 1 is 0.356 bits per heavy atom. The standard InChI is InChI=1S/C40H68N2O31/c1-9(48)41-17-23(54)31(14(6-46)64-35(17)62)70-36-18(42-10(2)49)24(55)32(15(7-47)68-36)71-39-29(60)33(21(52)13(5-45)67-39)73-40-30(61)34(72-38-28(59)26(57)20(51)12(4-44)66-38)22(53)16(69-40)8-63-37-27(58)25(56)19(50)11(3-43)65-37/h11-40,43-47,50-62H,3-8H2,1-2H3,(H,41,48)(H,42,49)/t11-,12-,13-,14-,15-,16-,17-,18-,19-,20-,21-,22-,23-,24-,25+,26+,27+,28+,29+,30+,31-,32-,33+,34+,35-,36+,37+,38-,39+,40-/m1/s1. The molecule has 6 fully saturated rings. The molecule has 0 aromatic heterocycles. The fraction of sp³-hybridized carbons (Fsp3) is 0.950. The lowest BCUT2D eigenvalue weighted by atomic mass is 9.94. The van der Waals surface area contributed by atoms with Crippen LogP contribution >= 0.6 is 0 Å². The van der Waals surface area contributed by atoms with Gasteiger partial charge in [-0.25, -0.2) is 0 Å². The van der Waals surface area contributed by atoms with Crippen LogP contribution in [-0.4, -0.2) is 327 Å². The van der Waals surface area contributed by atoms with Crippen LogP contribution in [0.5, 0.6) is 0 Å². The van der Waals surface area contributed by atoms with Gasteiger partial charge in [-0.05, 0) is 0 Å². The lowest BCUT2D eigenvalue weighted by Crippen LogP contribution is -2.70. The van der Waals surface area contributed by atoms with Crippen molar-refractivity contribution in [2.75, 3.05) is 39.6 Å². The highest BCUT2D eigenvalue weighted by atomic mass is 16.8. The van der Waals surface area contributed by atoms with E-state index in [-0.39, 0.29) is 0 Å². The molecular weight excluding hydrogens is 1000 g/mol. The molecule has 0 spiro atoms. The molecule has 0 unspecified atom stereocenters. The van der Waals surface area contributed by atoms with Gasteiger partial charge >= 0.3 is 0 Å². The molecule has 73 heavy (non-hydrogen) atoms. The summed E-state index contributed by atoms with van der Waals surface area (Å²) in [6.07, 6.45) is -53.7. The number of carbonyl (C=O) groups is 2. The topological polar surface area (TPSA) is 524 Å². The van der Waals surface area contributed by atoms with Crippen molar-refractivity contribution in [3.8, 4) is 0 Å². The van der Waals surface area contributed by atoms with E-state index in [1.54, 1.807) is 0 Å². The summed E-state index contributed by atoms with van der Waals surface area (Å²) in [5, 5.41) is 197. The van der Waals surface area contributed by atoms with Gasteiger partial charge in [0.25, 0.3) is 0 Å². The Hall–Kier alpha value is -2.22. The van der Waals surface area contributed by atoms with Crippen molar-refractivity contribution in [1.29, 1.82) is 0 Å². The van der Waals surface area contributed by atoms with Crippen molar-refractivity contribution in [2.24, 2.45) is 0 Å². The van der Waals surface area contributed by atoms with E-state index >= 15 is 0 Å². The number of hydrogen-bond acceptors (Lipinski definition) is 31. The van der Waals surface area contributed by atoms with Gasteiger partial charge in [-0.1, -0.05) is 0 Å². The van der Waals surface area contributed by atoms with Crippen LogP contribution in [-0.2, 0) is 61.7 Å². The number of rotatable bonds is 18. The number of aliphatic hydroxyl groups excluding tert-OH is 18. The number of aliphatic hydroxyl groups is 18. The number of amides is 2. The third-order valence-corrected chi connectivity index (χ3v) is 13.2. The first-order chi connectivity index (χ1) is 34.5. The van der Waals surface area contributed by atoms with Crippen LogP contribution in [0, 0.1) is 0 Å². The molecule has 0 aromatic rings. The highest BCUT2D eigenvalue weighted by molar-refractivity contribution is 5.73. The zero-order valence-corrected chi connectivity index (χ0v) is 38.9. The molecule has 33 nitrogen and oxygen atoms in total. The first-order valence-electron chi connectivity index (χ1n) is 23.1. The predicted octanol–water partition coefficient (Wildman–Crippen LogP) is -13.8. The van der Waals surface area contributed by atoms with E-state index in [9.17, 15) is 102 Å². The molecule has 6 aliphatic rings. The molecule has 6 heterocycles. The molecule has 0 saturated carbocycles. The molecule has 30 atom stereocenters. The summed E-state index contributed by atoms with van der Waals surface area (Å²) < 4.78 is 62.4. The molecule has 0 bridgehead atoms. The summed E-state index contributed by atoms with van der Waals surface area (Å²) in [5.41, 5.74) is 0. The Morgan fingerprint density at radius 2 is 0.699 bits per heavy atom. The van der Waals surface area contributed by atoms with Crippen LogP contribution in [0.2, 0.25) is 0 Å². The van der Waals surface area contributed by atoms with Gasteiger partial charge < -0.3 is 155 Å². The fourth-order valence-electron chi connectivity index (χ4n) is 9.21. The first-order valence-corrected chi connectivity index (χ1v) is 23.1. The smallest absolute Gasteiger partial charge is 0.217 e. The van der Waals surface area contributed by atoms with Crippen LogP contribution in [0.3, 0.4) is 0 Å². The minimum absolute atomic E-state index is 0.709. The number of ether oxygens (including phenoxy) is 11. The second-order valence-electron chi connectivity index (χ2n) is 18.3. The average Bonchev–Trinajstić information content (AvgIpc) is 3.35. The van der Waals surface area contributed by atoms with Crippen LogP contribution in [0.4, 0.5) is 0 Å². The van der Waals surface area contributed by atoms with Crippen molar-refractivity contribution in [1.82, 2.24) is 10.6 Å². The molecule has 6 rings (SSSR count). The van der Waals surface area contributed by atoms with Crippen LogP contribution in [0.25, 0.3) is 0 Å². The molecule has 0 aromatic carbocycles. The number of carbonyl (C=O) groups excluding carboxylic acids is 2. The Kier molecular flexibility index (Phi) is 21.3. The molecule has 424 valence electrons. The van der Waals surface area contributed by atoms with Gasteiger partial charge in [-0.15, -0.1) is 0 Å². The van der Waals surface area contributed by atoms with E-state index in [4.69, 9.17) is 52.1 Å². The van der Waals surface area contributed by atoms with E-state index in [1.807, 2.05) is 0 Å². The summed E-state index contributed by atoms with van der Waals surface area (Å²) in [6.45, 7) is -3.57. The Labute approximate surface area is 413 Å². The predicted molar refractivity (Wildman–Crippen MR) is 222 cm³/mol. The quantitative estimate of drug-likeness (QED) is 0.0606. The van der Waals surface area contributed by atoms with Gasteiger partial charge in [0.05, 0.1) is 39.6 Å². The Bertz CT molecular complexity index is 1750. The lowest BCUT2D eigenvalue weighted by molar-refractivity contribution is -0.392. The van der Waals surface area contributed by atoms with Gasteiger partial charge in [0, 0.05) is 13.8 Å². The maximum atomic E-state index is 12.5. The minimum atomic E-state index is -2.28. The van der Waals surface area contributed by atoms with E-state index in [1.165, 1.54) is 0 Å². The maximum Gasteiger partial charge on any atom is 0.217 e. The molecule has 20 N–H and O–H groups in total. The minimum Gasteiger partial charge on any atom is -0.394 e. The average molecular weight is 1070 g/mol. The fourth-order valence-corrected chi connectivity index (χ4v) is 9.21. The Balaban J connectivity index is 1.24. The zero-order chi connectivity index (χ0) is 53.9. The SMILES string of the molecule is CC(=O)N[C@@H]1[C@@H](O)[C@H](O[C@@H]2O[C@H](CO)[C@@H](O[C@@H]3O[C@H](CO)[C@@H](O)[C@H](O[C@H]4O[C@H](CO[C@H]5O[C@H](CO)[C@@H](O)[C@H](O)[C@@H]5O)[C@@H](O)[C@H](O[C@H]5O[C@H](CO)[C@@H](O)[C@H](O)[C@@H]5O)[C@@H]4O)[C@@H]3O)[C@H](O)[C@H]2NC(C)=O)[C@@H](CO)O[C@H]1O. The second-order valence-corrected chi connectivity index (χ2v) is 18.3. The van der Waals surface area contributed by atoms with Gasteiger partial charge in [0.15, 0.2) is 37.7 Å². The summed E-state index contributed by atoms with van der Waals surface area (Å²) in [5.74, 6) is -1.53. The molecular formula is C40H68N2O31. The van der Waals surface area contributed by atoms with E-state index < -0.39 is 236 Å². The van der Waals surface area contributed by atoms with Crippen molar-refractivity contribution in [3.05, 3.63) is 0 Å². The van der Waals surface area contributed by atoms with Crippen LogP contribution in [0.15, 0.2) is 0 Å². The van der Waals surface area contributed by atoms with Gasteiger partial charge in [0.1, 0.15) is 146 Å². The van der Waals surface area contributed by atoms with E-state index in [0.29, 0.717) is 0 Å². The van der Waals surface area contributed by atoms with Crippen molar-refractivity contribution in [3.63, 3.8) is 0 Å². The highest BCUT2D eigenvalue weighted by Gasteiger charge is 2.57. The van der Waals surface area contributed by atoms with Gasteiger partial charge in [0.2, 0.25) is 11.8 Å². The van der Waals surface area contributed by atoms with Crippen molar-refractivity contribution >= 4 is 11.8 Å².